The first-order valence-corrected chi connectivity index (χ1v) is 21.2. The molecule has 262 valence electrons. The van der Waals surface area contributed by atoms with E-state index in [1.165, 1.54) is 6.42 Å². The Kier molecular flexibility index (Phi) is 15.6. The van der Waals surface area contributed by atoms with E-state index in [-0.39, 0.29) is 11.0 Å². The standard InChI is InChI=1S/C44H64O3Si/c1-35(23-14-10-15-24-36(2)33-37(3)34-38(4)42(45)47-48(8,9)43(5,6)7)25-22-32-46-44(39-26-16-11-17-27-39,40-28-18-12-19-29-40)41-30-20-13-21-31-41/h11-13,15-22,24-31,35-38,42,45H,10,14,23,32-34H2,1-9H3/t35?,36?,37?,38?,42-/m0/s1. The highest BCUT2D eigenvalue weighted by molar-refractivity contribution is 6.74. The van der Waals surface area contributed by atoms with Crippen LogP contribution in [-0.4, -0.2) is 26.3 Å². The first kappa shape index (κ1) is 39.7. The zero-order valence-electron chi connectivity index (χ0n) is 31.4. The van der Waals surface area contributed by atoms with Crippen LogP contribution in [0.2, 0.25) is 18.1 Å². The highest BCUT2D eigenvalue weighted by Crippen LogP contribution is 2.41. The molecule has 0 saturated carbocycles. The van der Waals surface area contributed by atoms with Crippen molar-refractivity contribution in [2.45, 2.75) is 111 Å². The summed E-state index contributed by atoms with van der Waals surface area (Å²) in [7, 11) is -1.98. The molecule has 48 heavy (non-hydrogen) atoms. The van der Waals surface area contributed by atoms with E-state index in [0.717, 1.165) is 42.4 Å². The molecule has 4 heteroatoms. The number of ether oxygens (including phenoxy) is 1. The van der Waals surface area contributed by atoms with Crippen LogP contribution >= 0.6 is 0 Å². The molecule has 3 rings (SSSR count). The zero-order chi connectivity index (χ0) is 35.2. The monoisotopic (exact) mass is 668 g/mol. The summed E-state index contributed by atoms with van der Waals surface area (Å²) >= 11 is 0. The van der Waals surface area contributed by atoms with E-state index in [9.17, 15) is 5.11 Å². The Morgan fingerprint density at radius 2 is 1.17 bits per heavy atom. The lowest BCUT2D eigenvalue weighted by atomic mass is 9.80. The van der Waals surface area contributed by atoms with Crippen LogP contribution < -0.4 is 0 Å². The second-order valence-corrected chi connectivity index (χ2v) is 20.4. The highest BCUT2D eigenvalue weighted by atomic mass is 28.4. The van der Waals surface area contributed by atoms with Gasteiger partial charge in [0.25, 0.3) is 0 Å². The number of hydrogen-bond donors (Lipinski definition) is 1. The fourth-order valence-electron chi connectivity index (χ4n) is 6.37. The molecule has 0 heterocycles. The Bertz CT molecular complexity index is 1260. The number of allylic oxidation sites excluding steroid dienone is 3. The van der Waals surface area contributed by atoms with Crippen LogP contribution in [0.3, 0.4) is 0 Å². The number of hydrogen-bond acceptors (Lipinski definition) is 3. The van der Waals surface area contributed by atoms with Gasteiger partial charge in [0.15, 0.2) is 8.32 Å². The van der Waals surface area contributed by atoms with Gasteiger partial charge in [-0.1, -0.05) is 164 Å². The number of aliphatic hydroxyl groups is 1. The topological polar surface area (TPSA) is 38.7 Å². The Hall–Kier alpha value is -2.76. The Labute approximate surface area is 294 Å². The van der Waals surface area contributed by atoms with Gasteiger partial charge in [-0.2, -0.15) is 0 Å². The maximum atomic E-state index is 10.8. The third-order valence-corrected chi connectivity index (χ3v) is 14.6. The molecule has 1 N–H and O–H groups in total. The number of unbranched alkanes of at least 4 members (excludes halogenated alkanes) is 1. The molecule has 0 amide bonds. The summed E-state index contributed by atoms with van der Waals surface area (Å²) in [5.74, 6) is 1.69. The largest absolute Gasteiger partial charge is 0.392 e. The van der Waals surface area contributed by atoms with Crippen LogP contribution in [0.15, 0.2) is 115 Å². The van der Waals surface area contributed by atoms with Gasteiger partial charge in [-0.25, -0.2) is 0 Å². The molecule has 0 aromatic heterocycles. The minimum Gasteiger partial charge on any atom is -0.392 e. The lowest BCUT2D eigenvalue weighted by molar-refractivity contribution is -0.0726. The maximum absolute atomic E-state index is 10.8. The summed E-state index contributed by atoms with van der Waals surface area (Å²) in [5, 5.41) is 10.9. The quantitative estimate of drug-likeness (QED) is 0.0454. The Morgan fingerprint density at radius 3 is 1.65 bits per heavy atom. The second kappa shape index (κ2) is 18.8. The predicted octanol–water partition coefficient (Wildman–Crippen LogP) is 11.9. The molecular formula is C44H64O3Si. The van der Waals surface area contributed by atoms with Crippen molar-refractivity contribution in [1.29, 1.82) is 0 Å². The van der Waals surface area contributed by atoms with Crippen LogP contribution in [0.4, 0.5) is 0 Å². The van der Waals surface area contributed by atoms with Gasteiger partial charge in [-0.3, -0.25) is 0 Å². The second-order valence-electron chi connectivity index (χ2n) is 15.7. The van der Waals surface area contributed by atoms with Crippen molar-refractivity contribution in [3.05, 3.63) is 132 Å². The molecule has 0 aliphatic carbocycles. The molecule has 4 unspecified atom stereocenters. The van der Waals surface area contributed by atoms with Crippen LogP contribution in [0.1, 0.15) is 97.3 Å². The zero-order valence-corrected chi connectivity index (χ0v) is 32.4. The lowest BCUT2D eigenvalue weighted by Crippen LogP contribution is -2.45. The molecule has 0 saturated heterocycles. The van der Waals surface area contributed by atoms with Crippen molar-refractivity contribution in [2.75, 3.05) is 6.61 Å². The molecule has 3 aromatic rings. The average molecular weight is 669 g/mol. The van der Waals surface area contributed by atoms with E-state index in [0.29, 0.717) is 24.4 Å². The summed E-state index contributed by atoms with van der Waals surface area (Å²) in [5.41, 5.74) is 2.69. The fourth-order valence-corrected chi connectivity index (χ4v) is 7.56. The minimum absolute atomic E-state index is 0.0990. The Balaban J connectivity index is 1.47. The van der Waals surface area contributed by atoms with Gasteiger partial charge in [0.2, 0.25) is 0 Å². The molecule has 0 aliphatic heterocycles. The van der Waals surface area contributed by atoms with Crippen LogP contribution in [0.5, 0.6) is 0 Å². The van der Waals surface area contributed by atoms with Gasteiger partial charge < -0.3 is 14.3 Å². The van der Waals surface area contributed by atoms with Gasteiger partial charge >= 0.3 is 0 Å². The van der Waals surface area contributed by atoms with E-state index in [1.807, 2.05) is 0 Å². The van der Waals surface area contributed by atoms with Crippen molar-refractivity contribution in [1.82, 2.24) is 0 Å². The van der Waals surface area contributed by atoms with Crippen LogP contribution in [0, 0.1) is 23.7 Å². The molecule has 0 radical (unpaired) electrons. The third-order valence-electron chi connectivity index (χ3n) is 10.2. The smallest absolute Gasteiger partial charge is 0.195 e. The number of rotatable bonds is 19. The first-order chi connectivity index (χ1) is 22.8. The normalized spacial score (nSPS) is 16.2. The molecule has 0 spiro atoms. The average Bonchev–Trinajstić information content (AvgIpc) is 3.05. The molecular weight excluding hydrogens is 605 g/mol. The van der Waals surface area contributed by atoms with E-state index < -0.39 is 20.2 Å². The summed E-state index contributed by atoms with van der Waals surface area (Å²) in [6.45, 7) is 20.6. The summed E-state index contributed by atoms with van der Waals surface area (Å²) in [6, 6.07) is 31.7. The Morgan fingerprint density at radius 1 is 0.688 bits per heavy atom. The minimum atomic E-state index is -1.98. The van der Waals surface area contributed by atoms with E-state index in [4.69, 9.17) is 9.16 Å². The molecule has 0 aliphatic rings. The number of benzene rings is 3. The first-order valence-electron chi connectivity index (χ1n) is 18.3. The lowest BCUT2D eigenvalue weighted by Gasteiger charge is -2.39. The van der Waals surface area contributed by atoms with E-state index in [2.05, 4.69) is 177 Å². The fraction of sp³-hybridized carbons (Fsp3) is 0.500. The summed E-state index contributed by atoms with van der Waals surface area (Å²) in [6.07, 6.45) is 14.1. The molecule has 3 nitrogen and oxygen atoms in total. The van der Waals surface area contributed by atoms with Crippen molar-refractivity contribution >= 4 is 8.32 Å². The van der Waals surface area contributed by atoms with Gasteiger partial charge in [-0.05, 0) is 84.7 Å². The van der Waals surface area contributed by atoms with Crippen molar-refractivity contribution in [2.24, 2.45) is 23.7 Å². The van der Waals surface area contributed by atoms with Crippen LogP contribution in [-0.2, 0) is 14.8 Å². The van der Waals surface area contributed by atoms with E-state index in [1.54, 1.807) is 0 Å². The van der Waals surface area contributed by atoms with Gasteiger partial charge in [0.1, 0.15) is 11.9 Å². The predicted molar refractivity (Wildman–Crippen MR) is 207 cm³/mol. The summed E-state index contributed by atoms with van der Waals surface area (Å²) < 4.78 is 13.1. The molecule has 3 aromatic carbocycles. The summed E-state index contributed by atoms with van der Waals surface area (Å²) in [4.78, 5) is 0. The van der Waals surface area contributed by atoms with Gasteiger partial charge in [0, 0.05) is 5.92 Å². The number of aliphatic hydroxyl groups excluding tert-OH is 1. The highest BCUT2D eigenvalue weighted by Gasteiger charge is 2.40. The molecule has 0 bridgehead atoms. The van der Waals surface area contributed by atoms with Crippen molar-refractivity contribution in [3.8, 4) is 0 Å². The van der Waals surface area contributed by atoms with Crippen molar-refractivity contribution < 1.29 is 14.3 Å². The van der Waals surface area contributed by atoms with E-state index >= 15 is 0 Å². The van der Waals surface area contributed by atoms with Gasteiger partial charge in [0.05, 0.1) is 6.61 Å². The van der Waals surface area contributed by atoms with Crippen LogP contribution in [0.25, 0.3) is 0 Å². The van der Waals surface area contributed by atoms with Crippen molar-refractivity contribution in [3.63, 3.8) is 0 Å². The maximum Gasteiger partial charge on any atom is 0.195 e. The SMILES string of the molecule is CC(C=CCOC(c1ccccc1)(c1ccccc1)c1ccccc1)CCCC=CC(C)CC(C)CC(C)[C@@H](O)O[Si](C)(C)C(C)(C)C. The van der Waals surface area contributed by atoms with Gasteiger partial charge in [-0.15, -0.1) is 0 Å². The third kappa shape index (κ3) is 11.7. The molecule has 5 atom stereocenters. The molecule has 0 fully saturated rings.